The van der Waals surface area contributed by atoms with Gasteiger partial charge in [-0.3, -0.25) is 0 Å². The van der Waals surface area contributed by atoms with Gasteiger partial charge >= 0.3 is 0 Å². The number of ether oxygens (including phenoxy) is 2. The third-order valence-corrected chi connectivity index (χ3v) is 3.68. The third-order valence-electron chi connectivity index (χ3n) is 3.68. The van der Waals surface area contributed by atoms with Crippen molar-refractivity contribution in [2.45, 2.75) is 26.7 Å². The fourth-order valence-corrected chi connectivity index (χ4v) is 2.57. The van der Waals surface area contributed by atoms with Crippen LogP contribution in [-0.2, 0) is 0 Å². The summed E-state index contributed by atoms with van der Waals surface area (Å²) in [5.41, 5.74) is 0. The predicted molar refractivity (Wildman–Crippen MR) is 85.3 cm³/mol. The molecule has 4 nitrogen and oxygen atoms in total. The van der Waals surface area contributed by atoms with Crippen molar-refractivity contribution in [1.82, 2.24) is 4.98 Å². The first-order valence-corrected chi connectivity index (χ1v) is 7.66. The lowest BCUT2D eigenvalue weighted by atomic mass is 10.1. The fourth-order valence-electron chi connectivity index (χ4n) is 2.57. The fraction of sp³-hybridized carbons (Fsp3) is 0.471. The largest absolute Gasteiger partial charge is 0.486 e. The van der Waals surface area contributed by atoms with Crippen molar-refractivity contribution in [3.05, 3.63) is 24.4 Å². The topological polar surface area (TPSA) is 43.4 Å². The molecule has 1 aromatic heterocycles. The lowest BCUT2D eigenvalue weighted by Crippen LogP contribution is -2.15. The van der Waals surface area contributed by atoms with Crippen molar-refractivity contribution in [3.63, 3.8) is 0 Å². The van der Waals surface area contributed by atoms with Gasteiger partial charge in [0, 0.05) is 18.1 Å². The second-order valence-corrected chi connectivity index (χ2v) is 5.84. The van der Waals surface area contributed by atoms with Crippen LogP contribution in [0.25, 0.3) is 10.8 Å². The Labute approximate surface area is 125 Å². The predicted octanol–water partition coefficient (Wildman–Crippen LogP) is 3.85. The van der Waals surface area contributed by atoms with Gasteiger partial charge in [-0.15, -0.1) is 0 Å². The number of nitrogens with one attached hydrogen (secondary N) is 1. The molecule has 1 aromatic carbocycles. The van der Waals surface area contributed by atoms with Crippen LogP contribution in [0.15, 0.2) is 24.4 Å². The molecule has 0 unspecified atom stereocenters. The summed E-state index contributed by atoms with van der Waals surface area (Å²) in [7, 11) is 0. The number of nitrogens with zero attached hydrogens (tertiary/aromatic N) is 1. The molecule has 0 spiro atoms. The van der Waals surface area contributed by atoms with Gasteiger partial charge in [0.2, 0.25) is 0 Å². The molecule has 0 fully saturated rings. The van der Waals surface area contributed by atoms with Crippen LogP contribution in [0.2, 0.25) is 0 Å². The first-order valence-electron chi connectivity index (χ1n) is 7.66. The minimum Gasteiger partial charge on any atom is -0.486 e. The van der Waals surface area contributed by atoms with Crippen molar-refractivity contribution >= 4 is 16.6 Å². The molecule has 1 N–H and O–H groups in total. The molecule has 1 aliphatic heterocycles. The molecule has 4 heteroatoms. The number of fused-ring (bicyclic) bond motifs is 2. The van der Waals surface area contributed by atoms with Crippen LogP contribution in [0.4, 0.5) is 5.82 Å². The highest BCUT2D eigenvalue weighted by molar-refractivity contribution is 5.94. The molecule has 0 saturated heterocycles. The Morgan fingerprint density at radius 1 is 1.19 bits per heavy atom. The van der Waals surface area contributed by atoms with Crippen LogP contribution in [0.5, 0.6) is 11.5 Å². The van der Waals surface area contributed by atoms with E-state index in [-0.39, 0.29) is 0 Å². The molecular weight excluding hydrogens is 264 g/mol. The molecule has 1 aliphatic rings. The summed E-state index contributed by atoms with van der Waals surface area (Å²) in [5.74, 6) is 3.30. The minimum atomic E-state index is 0.607. The van der Waals surface area contributed by atoms with Crippen LogP contribution < -0.4 is 14.8 Å². The maximum absolute atomic E-state index is 5.66. The quantitative estimate of drug-likeness (QED) is 0.848. The Hall–Kier alpha value is -1.97. The van der Waals surface area contributed by atoms with Gasteiger partial charge in [-0.2, -0.15) is 0 Å². The molecule has 0 saturated carbocycles. The van der Waals surface area contributed by atoms with E-state index in [0.29, 0.717) is 13.2 Å². The summed E-state index contributed by atoms with van der Waals surface area (Å²) >= 11 is 0. The number of hydrogen-bond donors (Lipinski definition) is 1. The highest BCUT2D eigenvalue weighted by atomic mass is 16.6. The zero-order valence-corrected chi connectivity index (χ0v) is 12.7. The number of benzene rings is 1. The highest BCUT2D eigenvalue weighted by Crippen LogP contribution is 2.36. The summed E-state index contributed by atoms with van der Waals surface area (Å²) in [6.45, 7) is 6.66. The van der Waals surface area contributed by atoms with Gasteiger partial charge in [0.1, 0.15) is 19.0 Å². The maximum Gasteiger partial charge on any atom is 0.162 e. The number of aromatic nitrogens is 1. The van der Waals surface area contributed by atoms with Gasteiger partial charge in [-0.25, -0.2) is 4.98 Å². The second-order valence-electron chi connectivity index (χ2n) is 5.84. The summed E-state index contributed by atoms with van der Waals surface area (Å²) in [6, 6.07) is 6.07. The van der Waals surface area contributed by atoms with Crippen LogP contribution >= 0.6 is 0 Å². The van der Waals surface area contributed by atoms with Gasteiger partial charge in [-0.05, 0) is 42.3 Å². The smallest absolute Gasteiger partial charge is 0.162 e. The van der Waals surface area contributed by atoms with Crippen molar-refractivity contribution in [1.29, 1.82) is 0 Å². The average Bonchev–Trinajstić information content (AvgIpc) is 2.49. The zero-order chi connectivity index (χ0) is 14.7. The lowest BCUT2D eigenvalue weighted by molar-refractivity contribution is 0.172. The molecule has 3 rings (SSSR count). The first-order chi connectivity index (χ1) is 10.2. The second kappa shape index (κ2) is 6.20. The van der Waals surface area contributed by atoms with E-state index in [0.717, 1.165) is 47.0 Å². The number of anilines is 1. The van der Waals surface area contributed by atoms with E-state index < -0.39 is 0 Å². The van der Waals surface area contributed by atoms with Crippen molar-refractivity contribution in [2.24, 2.45) is 5.92 Å². The number of rotatable bonds is 5. The van der Waals surface area contributed by atoms with Crippen molar-refractivity contribution < 1.29 is 9.47 Å². The van der Waals surface area contributed by atoms with Crippen LogP contribution in [-0.4, -0.2) is 24.7 Å². The van der Waals surface area contributed by atoms with Gasteiger partial charge in [0.15, 0.2) is 11.5 Å². The number of hydrogen-bond acceptors (Lipinski definition) is 4. The maximum atomic E-state index is 5.66. The normalized spacial score (nSPS) is 13.7. The van der Waals surface area contributed by atoms with Crippen LogP contribution in [0, 0.1) is 5.92 Å². The molecule has 0 bridgehead atoms. The third kappa shape index (κ3) is 3.20. The Morgan fingerprint density at radius 2 is 1.95 bits per heavy atom. The van der Waals surface area contributed by atoms with Gasteiger partial charge < -0.3 is 14.8 Å². The molecule has 0 radical (unpaired) electrons. The summed E-state index contributed by atoms with van der Waals surface area (Å²) in [6.07, 6.45) is 4.22. The molecule has 0 amide bonds. The summed E-state index contributed by atoms with van der Waals surface area (Å²) in [4.78, 5) is 4.46. The highest BCUT2D eigenvalue weighted by Gasteiger charge is 2.14. The van der Waals surface area contributed by atoms with Gasteiger partial charge in [0.05, 0.1) is 0 Å². The molecule has 0 atom stereocenters. The van der Waals surface area contributed by atoms with Gasteiger partial charge in [0.25, 0.3) is 0 Å². The molecule has 2 heterocycles. The summed E-state index contributed by atoms with van der Waals surface area (Å²) < 4.78 is 11.3. The van der Waals surface area contributed by atoms with E-state index in [2.05, 4.69) is 24.1 Å². The van der Waals surface area contributed by atoms with E-state index in [1.165, 1.54) is 6.42 Å². The van der Waals surface area contributed by atoms with Crippen molar-refractivity contribution in [3.8, 4) is 11.5 Å². The molecular formula is C17H22N2O2. The number of pyridine rings is 1. The Balaban J connectivity index is 1.81. The van der Waals surface area contributed by atoms with E-state index in [1.54, 1.807) is 0 Å². The molecule has 0 aliphatic carbocycles. The van der Waals surface area contributed by atoms with E-state index in [4.69, 9.17) is 9.47 Å². The Morgan fingerprint density at radius 3 is 2.71 bits per heavy atom. The van der Waals surface area contributed by atoms with Crippen molar-refractivity contribution in [2.75, 3.05) is 25.1 Å². The lowest BCUT2D eigenvalue weighted by Gasteiger charge is -2.19. The van der Waals surface area contributed by atoms with Gasteiger partial charge in [-0.1, -0.05) is 13.8 Å². The Kier molecular flexibility index (Phi) is 4.13. The molecule has 112 valence electrons. The standard InChI is InChI=1S/C17H22N2O2/c1-12(2)4-3-6-18-17-14-11-16-15(20-8-9-21-16)10-13(14)5-7-19-17/h5,7,10-12H,3-4,6,8-9H2,1-2H3,(H,18,19). The average molecular weight is 286 g/mol. The van der Waals surface area contributed by atoms with E-state index >= 15 is 0 Å². The summed E-state index contributed by atoms with van der Waals surface area (Å²) in [5, 5.41) is 5.66. The minimum absolute atomic E-state index is 0.607. The Bertz CT molecular complexity index is 625. The zero-order valence-electron chi connectivity index (χ0n) is 12.7. The van der Waals surface area contributed by atoms with Crippen LogP contribution in [0.1, 0.15) is 26.7 Å². The molecule has 21 heavy (non-hydrogen) atoms. The van der Waals surface area contributed by atoms with E-state index in [1.807, 2.05) is 24.4 Å². The van der Waals surface area contributed by atoms with E-state index in [9.17, 15) is 0 Å². The molecule has 2 aromatic rings. The monoisotopic (exact) mass is 286 g/mol. The SMILES string of the molecule is CC(C)CCCNc1nccc2cc3c(cc12)OCCO3. The first kappa shape index (κ1) is 14.0. The van der Waals surface area contributed by atoms with Crippen LogP contribution in [0.3, 0.4) is 0 Å².